The molecule has 0 aliphatic heterocycles. The van der Waals surface area contributed by atoms with Gasteiger partial charge in [-0.3, -0.25) is 4.52 Å². The second-order valence-corrected chi connectivity index (χ2v) is 3.49. The third kappa shape index (κ3) is 7.85. The molecule has 0 aliphatic rings. The van der Waals surface area contributed by atoms with E-state index in [1.165, 1.54) is 0 Å². The van der Waals surface area contributed by atoms with Gasteiger partial charge in [-0.1, -0.05) is 5.57 Å². The van der Waals surface area contributed by atoms with E-state index in [4.69, 9.17) is 4.89 Å². The third-order valence-corrected chi connectivity index (χ3v) is 1.36. The minimum absolute atomic E-state index is 0.152. The van der Waals surface area contributed by atoms with Crippen molar-refractivity contribution in [3.8, 4) is 0 Å². The van der Waals surface area contributed by atoms with E-state index < -0.39 is 7.75 Å². The first-order chi connectivity index (χ1) is 4.42. The Bertz CT molecular complexity index is 162. The van der Waals surface area contributed by atoms with Crippen LogP contribution in [0.5, 0.6) is 0 Å². The van der Waals surface area contributed by atoms with Crippen LogP contribution in [0.4, 0.5) is 0 Å². The summed E-state index contributed by atoms with van der Waals surface area (Å²) in [5, 5.41) is 0. The largest absolute Gasteiger partial charge is 0.400 e. The van der Waals surface area contributed by atoms with Gasteiger partial charge in [0.25, 0.3) is 0 Å². The Labute approximate surface area is 60.3 Å². The minimum Gasteiger partial charge on any atom is -0.313 e. The molecule has 60 valence electrons. The highest BCUT2D eigenvalue weighted by Gasteiger charge is 2.09. The second kappa shape index (κ2) is 3.88. The maximum Gasteiger partial charge on any atom is 0.400 e. The quantitative estimate of drug-likeness (QED) is 0.482. The Morgan fingerprint density at radius 2 is 2.40 bits per heavy atom. The molecule has 0 bridgehead atoms. The monoisotopic (exact) mass is 165 g/mol. The lowest BCUT2D eigenvalue weighted by Crippen LogP contribution is -1.99. The molecule has 0 aliphatic carbocycles. The van der Waals surface area contributed by atoms with E-state index in [1.54, 1.807) is 0 Å². The van der Waals surface area contributed by atoms with Gasteiger partial charge in [-0.25, -0.2) is 10.1 Å². The number of hydrogen-bond acceptors (Lipinski definition) is 2. The zero-order valence-electron chi connectivity index (χ0n) is 5.91. The highest BCUT2D eigenvalue weighted by atomic mass is 31.2. The molecule has 1 unspecified atom stereocenters. The van der Waals surface area contributed by atoms with E-state index in [1.807, 2.05) is 6.92 Å². The van der Waals surface area contributed by atoms with Crippen molar-refractivity contribution >= 4 is 7.75 Å². The molecule has 0 fully saturated rings. The first kappa shape index (κ1) is 9.85. The fourth-order valence-corrected chi connectivity index (χ4v) is 0.704. The van der Waals surface area contributed by atoms with Crippen molar-refractivity contribution in [1.29, 1.82) is 0 Å². The van der Waals surface area contributed by atoms with Gasteiger partial charge in [-0.2, -0.15) is 0 Å². The summed E-state index contributed by atoms with van der Waals surface area (Å²) in [7, 11) is -3.76. The van der Waals surface area contributed by atoms with Gasteiger partial charge in [0.2, 0.25) is 0 Å². The lowest BCUT2D eigenvalue weighted by Gasteiger charge is -2.04. The maximum atomic E-state index is 10.3. The summed E-state index contributed by atoms with van der Waals surface area (Å²) in [6, 6.07) is 0. The Hall–Kier alpha value is -0.150. The fourth-order valence-electron chi connectivity index (χ4n) is 0.351. The summed E-state index contributed by atoms with van der Waals surface area (Å²) in [6.07, 6.45) is 0.557. The van der Waals surface area contributed by atoms with Crippen LogP contribution in [0.25, 0.3) is 0 Å². The van der Waals surface area contributed by atoms with Crippen LogP contribution in [0.15, 0.2) is 12.2 Å². The Balaban J connectivity index is 3.39. The van der Waals surface area contributed by atoms with Crippen LogP contribution < -0.4 is 5.50 Å². The summed E-state index contributed by atoms with van der Waals surface area (Å²) >= 11 is 0. The average Bonchev–Trinajstić information content (AvgIpc) is 1.59. The van der Waals surface area contributed by atoms with E-state index in [2.05, 4.69) is 16.6 Å². The predicted octanol–water partition coefficient (Wildman–Crippen LogP) is 1.03. The van der Waals surface area contributed by atoms with Gasteiger partial charge < -0.3 is 4.89 Å². The average molecular weight is 165 g/mol. The van der Waals surface area contributed by atoms with Crippen molar-refractivity contribution in [1.82, 2.24) is 0 Å². The molecule has 0 rings (SSSR count). The van der Waals surface area contributed by atoms with E-state index in [0.717, 1.165) is 5.57 Å². The minimum atomic E-state index is -3.76. The van der Waals surface area contributed by atoms with Crippen molar-refractivity contribution in [3.05, 3.63) is 12.2 Å². The van der Waals surface area contributed by atoms with Crippen molar-refractivity contribution in [2.75, 3.05) is 6.61 Å². The van der Waals surface area contributed by atoms with Crippen LogP contribution in [0.1, 0.15) is 13.3 Å². The molecule has 0 radical (unpaired) electrons. The normalized spacial score (nSPS) is 16.3. The molecule has 3 N–H and O–H groups in total. The highest BCUT2D eigenvalue weighted by molar-refractivity contribution is 7.50. The van der Waals surface area contributed by atoms with Crippen molar-refractivity contribution in [2.24, 2.45) is 5.50 Å². The van der Waals surface area contributed by atoms with Crippen LogP contribution in [0, 0.1) is 0 Å². The molecule has 0 heterocycles. The van der Waals surface area contributed by atoms with Gasteiger partial charge in [0.05, 0.1) is 6.61 Å². The lowest BCUT2D eigenvalue weighted by molar-refractivity contribution is 0.263. The maximum absolute atomic E-state index is 10.3. The molecular formula is C5H12NO3P. The smallest absolute Gasteiger partial charge is 0.313 e. The predicted molar refractivity (Wildman–Crippen MR) is 39.4 cm³/mol. The molecule has 0 saturated heterocycles. The van der Waals surface area contributed by atoms with Crippen LogP contribution >= 0.6 is 7.75 Å². The topological polar surface area (TPSA) is 72.5 Å². The SMILES string of the molecule is C=C(C)CCOP(N)(=O)O. The number of nitrogens with two attached hydrogens (primary N) is 1. The molecule has 1 atom stereocenters. The van der Waals surface area contributed by atoms with Gasteiger partial charge in [0, 0.05) is 0 Å². The summed E-state index contributed by atoms with van der Waals surface area (Å²) in [4.78, 5) is 8.41. The van der Waals surface area contributed by atoms with Crippen LogP contribution in [-0.4, -0.2) is 11.5 Å². The zero-order chi connectivity index (χ0) is 8.20. The van der Waals surface area contributed by atoms with E-state index in [-0.39, 0.29) is 6.61 Å². The molecule has 0 aromatic rings. The summed E-state index contributed by atoms with van der Waals surface area (Å²) in [5.74, 6) is 0. The molecule has 4 nitrogen and oxygen atoms in total. The van der Waals surface area contributed by atoms with Crippen LogP contribution in [0.3, 0.4) is 0 Å². The molecule has 5 heteroatoms. The zero-order valence-corrected chi connectivity index (χ0v) is 6.80. The standard InChI is InChI=1S/C5H12NO3P/c1-5(2)3-4-9-10(6,7)8/h1,3-4H2,2H3,(H3,6,7,8). The van der Waals surface area contributed by atoms with Crippen molar-refractivity contribution in [3.63, 3.8) is 0 Å². The summed E-state index contributed by atoms with van der Waals surface area (Å²) < 4.78 is 14.6. The lowest BCUT2D eigenvalue weighted by atomic mass is 10.3. The fraction of sp³-hybridized carbons (Fsp3) is 0.600. The van der Waals surface area contributed by atoms with E-state index in [9.17, 15) is 4.57 Å². The molecule has 0 spiro atoms. The molecule has 0 amide bonds. The molecule has 0 aromatic carbocycles. The van der Waals surface area contributed by atoms with Crippen LogP contribution in [0.2, 0.25) is 0 Å². The highest BCUT2D eigenvalue weighted by Crippen LogP contribution is 2.31. The Morgan fingerprint density at radius 3 is 2.70 bits per heavy atom. The van der Waals surface area contributed by atoms with Gasteiger partial charge >= 0.3 is 7.75 Å². The summed E-state index contributed by atoms with van der Waals surface area (Å²) in [5.41, 5.74) is 5.58. The summed E-state index contributed by atoms with van der Waals surface area (Å²) in [6.45, 7) is 5.54. The van der Waals surface area contributed by atoms with Crippen LogP contribution in [-0.2, 0) is 9.09 Å². The third-order valence-electron chi connectivity index (χ3n) is 0.805. The molecule has 10 heavy (non-hydrogen) atoms. The number of hydrogen-bond donors (Lipinski definition) is 2. The van der Waals surface area contributed by atoms with Gasteiger partial charge in [-0.15, -0.1) is 6.58 Å². The van der Waals surface area contributed by atoms with Crippen molar-refractivity contribution < 1.29 is 14.0 Å². The molecule has 0 saturated carbocycles. The van der Waals surface area contributed by atoms with E-state index in [0.29, 0.717) is 6.42 Å². The first-order valence-corrected chi connectivity index (χ1v) is 4.47. The van der Waals surface area contributed by atoms with Crippen molar-refractivity contribution in [2.45, 2.75) is 13.3 Å². The molecule has 0 aromatic heterocycles. The number of rotatable bonds is 4. The van der Waals surface area contributed by atoms with Gasteiger partial charge in [-0.05, 0) is 13.3 Å². The Kier molecular flexibility index (Phi) is 3.83. The first-order valence-electron chi connectivity index (χ1n) is 2.82. The van der Waals surface area contributed by atoms with Gasteiger partial charge in [0.15, 0.2) is 0 Å². The van der Waals surface area contributed by atoms with E-state index >= 15 is 0 Å². The molecular weight excluding hydrogens is 153 g/mol. The second-order valence-electron chi connectivity index (χ2n) is 2.10. The Morgan fingerprint density at radius 1 is 1.90 bits per heavy atom. The van der Waals surface area contributed by atoms with Gasteiger partial charge in [0.1, 0.15) is 0 Å².